The van der Waals surface area contributed by atoms with E-state index in [1.165, 1.54) is 0 Å². The summed E-state index contributed by atoms with van der Waals surface area (Å²) in [5.41, 5.74) is 0.456. The molecule has 0 aliphatic rings. The topological polar surface area (TPSA) is 64.6 Å². The molecule has 0 heterocycles. The summed E-state index contributed by atoms with van der Waals surface area (Å²) in [6.45, 7) is 6.32. The van der Waals surface area contributed by atoms with Gasteiger partial charge in [-0.1, -0.05) is 12.6 Å². The standard InChI is InChI=1S/C12H17NO4S/c1-4-16-10(2)9-17-12-7-5-6-11(8-12)13-18(3,14)15/h5-8,13H,2,4,9H2,1,3H3. The molecular weight excluding hydrogens is 254 g/mol. The van der Waals surface area contributed by atoms with Crippen LogP contribution in [0.4, 0.5) is 5.69 Å². The quantitative estimate of drug-likeness (QED) is 0.770. The lowest BCUT2D eigenvalue weighted by atomic mass is 10.3. The molecule has 0 atom stereocenters. The van der Waals surface area contributed by atoms with Crippen molar-refractivity contribution in [3.8, 4) is 5.75 Å². The summed E-state index contributed by atoms with van der Waals surface area (Å²) in [6, 6.07) is 6.67. The van der Waals surface area contributed by atoms with Gasteiger partial charge in [-0.3, -0.25) is 4.72 Å². The van der Waals surface area contributed by atoms with Crippen molar-refractivity contribution >= 4 is 15.7 Å². The molecule has 1 aromatic rings. The molecule has 0 aliphatic carbocycles. The van der Waals surface area contributed by atoms with Crippen LogP contribution in [0.3, 0.4) is 0 Å². The first-order valence-electron chi connectivity index (χ1n) is 5.42. The summed E-state index contributed by atoms with van der Waals surface area (Å²) in [6.07, 6.45) is 1.09. The highest BCUT2D eigenvalue weighted by atomic mass is 32.2. The molecule has 0 radical (unpaired) electrons. The van der Waals surface area contributed by atoms with Gasteiger partial charge in [-0.25, -0.2) is 8.42 Å². The number of hydrogen-bond acceptors (Lipinski definition) is 4. The van der Waals surface area contributed by atoms with E-state index in [2.05, 4.69) is 11.3 Å². The molecule has 18 heavy (non-hydrogen) atoms. The number of nitrogens with one attached hydrogen (secondary N) is 1. The van der Waals surface area contributed by atoms with Crippen LogP contribution < -0.4 is 9.46 Å². The Morgan fingerprint density at radius 2 is 2.17 bits per heavy atom. The zero-order chi connectivity index (χ0) is 13.6. The van der Waals surface area contributed by atoms with Gasteiger partial charge in [0.1, 0.15) is 18.1 Å². The highest BCUT2D eigenvalue weighted by Crippen LogP contribution is 2.18. The fourth-order valence-corrected chi connectivity index (χ4v) is 1.83. The monoisotopic (exact) mass is 271 g/mol. The van der Waals surface area contributed by atoms with Crippen molar-refractivity contribution in [2.45, 2.75) is 6.92 Å². The molecule has 0 saturated heterocycles. The van der Waals surface area contributed by atoms with Gasteiger partial charge in [-0.05, 0) is 19.1 Å². The predicted molar refractivity (Wildman–Crippen MR) is 71.2 cm³/mol. The maximum atomic E-state index is 11.1. The summed E-state index contributed by atoms with van der Waals surface area (Å²) in [5.74, 6) is 1.07. The first-order chi connectivity index (χ1) is 8.40. The van der Waals surface area contributed by atoms with E-state index in [9.17, 15) is 8.42 Å². The SMILES string of the molecule is C=C(COc1cccc(NS(C)(=O)=O)c1)OCC. The van der Waals surface area contributed by atoms with Gasteiger partial charge < -0.3 is 9.47 Å². The maximum absolute atomic E-state index is 11.1. The van der Waals surface area contributed by atoms with Crippen molar-refractivity contribution < 1.29 is 17.9 Å². The van der Waals surface area contributed by atoms with Gasteiger partial charge in [0, 0.05) is 6.07 Å². The van der Waals surface area contributed by atoms with Crippen molar-refractivity contribution in [1.82, 2.24) is 0 Å². The number of benzene rings is 1. The lowest BCUT2D eigenvalue weighted by molar-refractivity contribution is 0.182. The van der Waals surface area contributed by atoms with Crippen LogP contribution in [0.5, 0.6) is 5.75 Å². The highest BCUT2D eigenvalue weighted by Gasteiger charge is 2.03. The zero-order valence-corrected chi connectivity index (χ0v) is 11.3. The summed E-state index contributed by atoms with van der Waals surface area (Å²) in [7, 11) is -3.28. The van der Waals surface area contributed by atoms with E-state index in [0.29, 0.717) is 23.8 Å². The molecule has 0 fully saturated rings. The Bertz CT molecular complexity index is 511. The summed E-state index contributed by atoms with van der Waals surface area (Å²) < 4.78 is 35.1. The predicted octanol–water partition coefficient (Wildman–Crippen LogP) is 1.99. The van der Waals surface area contributed by atoms with E-state index in [-0.39, 0.29) is 6.61 Å². The molecular formula is C12H17NO4S. The smallest absolute Gasteiger partial charge is 0.229 e. The second-order valence-corrected chi connectivity index (χ2v) is 5.41. The Labute approximate surface area is 107 Å². The zero-order valence-electron chi connectivity index (χ0n) is 10.5. The third kappa shape index (κ3) is 5.58. The van der Waals surface area contributed by atoms with Gasteiger partial charge in [0.2, 0.25) is 10.0 Å². The van der Waals surface area contributed by atoms with Crippen LogP contribution in [-0.4, -0.2) is 27.9 Å². The number of anilines is 1. The Kier molecular flexibility index (Phi) is 5.03. The maximum Gasteiger partial charge on any atom is 0.229 e. The van der Waals surface area contributed by atoms with Gasteiger partial charge in [0.25, 0.3) is 0 Å². The molecule has 0 spiro atoms. The van der Waals surface area contributed by atoms with E-state index < -0.39 is 10.0 Å². The fourth-order valence-electron chi connectivity index (χ4n) is 1.27. The Morgan fingerprint density at radius 1 is 1.44 bits per heavy atom. The molecule has 0 amide bonds. The van der Waals surface area contributed by atoms with E-state index in [0.717, 1.165) is 6.26 Å². The average Bonchev–Trinajstić information content (AvgIpc) is 2.25. The van der Waals surface area contributed by atoms with Crippen LogP contribution in [0.1, 0.15) is 6.92 Å². The third-order valence-corrected chi connectivity index (χ3v) is 2.49. The van der Waals surface area contributed by atoms with Gasteiger partial charge in [-0.2, -0.15) is 0 Å². The van der Waals surface area contributed by atoms with Crippen molar-refractivity contribution in [3.05, 3.63) is 36.6 Å². The third-order valence-electron chi connectivity index (χ3n) is 1.89. The molecule has 0 bridgehead atoms. The largest absolute Gasteiger partial charge is 0.495 e. The number of hydrogen-bond donors (Lipinski definition) is 1. The summed E-state index contributed by atoms with van der Waals surface area (Å²) in [4.78, 5) is 0. The molecule has 5 nitrogen and oxygen atoms in total. The molecule has 6 heteroatoms. The average molecular weight is 271 g/mol. The van der Waals surface area contributed by atoms with E-state index in [1.54, 1.807) is 24.3 Å². The van der Waals surface area contributed by atoms with Crippen LogP contribution in [0, 0.1) is 0 Å². The van der Waals surface area contributed by atoms with Gasteiger partial charge in [-0.15, -0.1) is 0 Å². The van der Waals surface area contributed by atoms with Crippen molar-refractivity contribution in [2.75, 3.05) is 24.2 Å². The van der Waals surface area contributed by atoms with E-state index in [1.807, 2.05) is 6.92 Å². The van der Waals surface area contributed by atoms with E-state index >= 15 is 0 Å². The van der Waals surface area contributed by atoms with Crippen LogP contribution >= 0.6 is 0 Å². The molecule has 1 N–H and O–H groups in total. The second-order valence-electron chi connectivity index (χ2n) is 3.66. The molecule has 1 aromatic carbocycles. The van der Waals surface area contributed by atoms with Gasteiger partial charge in [0.05, 0.1) is 18.6 Å². The van der Waals surface area contributed by atoms with Gasteiger partial charge in [0.15, 0.2) is 0 Å². The van der Waals surface area contributed by atoms with Crippen molar-refractivity contribution in [3.63, 3.8) is 0 Å². The minimum atomic E-state index is -3.28. The first-order valence-corrected chi connectivity index (χ1v) is 7.31. The van der Waals surface area contributed by atoms with Gasteiger partial charge >= 0.3 is 0 Å². The van der Waals surface area contributed by atoms with Crippen LogP contribution in [0.2, 0.25) is 0 Å². The number of ether oxygens (including phenoxy) is 2. The second kappa shape index (κ2) is 6.30. The van der Waals surface area contributed by atoms with E-state index in [4.69, 9.17) is 9.47 Å². The lowest BCUT2D eigenvalue weighted by Crippen LogP contribution is -2.09. The number of sulfonamides is 1. The fraction of sp³-hybridized carbons (Fsp3) is 0.333. The molecule has 0 aliphatic heterocycles. The van der Waals surface area contributed by atoms with Crippen LogP contribution in [0.25, 0.3) is 0 Å². The Balaban J connectivity index is 2.62. The molecule has 0 unspecified atom stereocenters. The highest BCUT2D eigenvalue weighted by molar-refractivity contribution is 7.92. The Morgan fingerprint density at radius 3 is 2.78 bits per heavy atom. The normalized spacial score (nSPS) is 10.8. The molecule has 1 rings (SSSR count). The number of rotatable bonds is 7. The molecule has 0 aromatic heterocycles. The minimum Gasteiger partial charge on any atom is -0.495 e. The Hall–Kier alpha value is -1.69. The van der Waals surface area contributed by atoms with Crippen LogP contribution in [-0.2, 0) is 14.8 Å². The van der Waals surface area contributed by atoms with Crippen LogP contribution in [0.15, 0.2) is 36.6 Å². The molecule has 100 valence electrons. The summed E-state index contributed by atoms with van der Waals surface area (Å²) in [5, 5.41) is 0. The minimum absolute atomic E-state index is 0.232. The summed E-state index contributed by atoms with van der Waals surface area (Å²) >= 11 is 0. The van der Waals surface area contributed by atoms with Crippen molar-refractivity contribution in [2.24, 2.45) is 0 Å². The van der Waals surface area contributed by atoms with Crippen molar-refractivity contribution in [1.29, 1.82) is 0 Å². The molecule has 0 saturated carbocycles. The lowest BCUT2D eigenvalue weighted by Gasteiger charge is -2.10. The first kappa shape index (κ1) is 14.4.